The fourth-order valence-electron chi connectivity index (χ4n) is 2.18. The van der Waals surface area contributed by atoms with E-state index >= 15 is 0 Å². The van der Waals surface area contributed by atoms with Crippen LogP contribution in [-0.4, -0.2) is 22.6 Å². The third-order valence-corrected chi connectivity index (χ3v) is 3.19. The predicted molar refractivity (Wildman–Crippen MR) is 95.7 cm³/mol. The maximum atomic E-state index is 5.84. The number of benzene rings is 1. The minimum absolute atomic E-state index is 0.122. The molecule has 23 heavy (non-hydrogen) atoms. The summed E-state index contributed by atoms with van der Waals surface area (Å²) in [6.07, 6.45) is 2.40. The maximum Gasteiger partial charge on any atom is 0.143 e. The molecule has 5 heteroatoms. The largest absolute Gasteiger partial charge is 0.489 e. The van der Waals surface area contributed by atoms with Crippen molar-refractivity contribution in [2.45, 2.75) is 46.6 Å². The van der Waals surface area contributed by atoms with Gasteiger partial charge in [-0.1, -0.05) is 25.5 Å². The number of ether oxygens (including phenoxy) is 1. The van der Waals surface area contributed by atoms with E-state index in [1.807, 2.05) is 51.1 Å². The van der Waals surface area contributed by atoms with Gasteiger partial charge < -0.3 is 15.4 Å². The van der Waals surface area contributed by atoms with Crippen LogP contribution in [0.25, 0.3) is 0 Å². The minimum Gasteiger partial charge on any atom is -0.489 e. The van der Waals surface area contributed by atoms with Gasteiger partial charge in [0, 0.05) is 12.6 Å². The number of para-hydroxylation sites is 2. The van der Waals surface area contributed by atoms with Gasteiger partial charge in [-0.25, -0.2) is 9.97 Å². The molecule has 0 saturated heterocycles. The second-order valence-corrected chi connectivity index (χ2v) is 5.75. The van der Waals surface area contributed by atoms with E-state index in [1.54, 1.807) is 0 Å². The van der Waals surface area contributed by atoms with Crippen molar-refractivity contribution in [3.63, 3.8) is 0 Å². The van der Waals surface area contributed by atoms with Crippen molar-refractivity contribution in [1.82, 2.24) is 9.97 Å². The Labute approximate surface area is 138 Å². The van der Waals surface area contributed by atoms with E-state index in [0.717, 1.165) is 48.3 Å². The van der Waals surface area contributed by atoms with Gasteiger partial charge >= 0.3 is 0 Å². The minimum atomic E-state index is 0.122. The lowest BCUT2D eigenvalue weighted by molar-refractivity contribution is 0.244. The van der Waals surface area contributed by atoms with Gasteiger partial charge in [-0.3, -0.25) is 0 Å². The molecule has 2 aromatic rings. The Morgan fingerprint density at radius 2 is 1.87 bits per heavy atom. The van der Waals surface area contributed by atoms with Crippen LogP contribution in [0.15, 0.2) is 30.3 Å². The normalized spacial score (nSPS) is 10.7. The zero-order chi connectivity index (χ0) is 16.7. The number of unbranched alkanes of at least 4 members (excludes halogenated alkanes) is 1. The first-order valence-electron chi connectivity index (χ1n) is 8.20. The van der Waals surface area contributed by atoms with Gasteiger partial charge in [-0.15, -0.1) is 0 Å². The molecule has 1 heterocycles. The zero-order valence-electron chi connectivity index (χ0n) is 14.4. The van der Waals surface area contributed by atoms with Crippen molar-refractivity contribution < 1.29 is 4.74 Å². The van der Waals surface area contributed by atoms with Gasteiger partial charge in [0.2, 0.25) is 0 Å². The molecule has 1 aromatic heterocycles. The topological polar surface area (TPSA) is 59.1 Å². The smallest absolute Gasteiger partial charge is 0.143 e. The van der Waals surface area contributed by atoms with E-state index < -0.39 is 0 Å². The van der Waals surface area contributed by atoms with Gasteiger partial charge in [-0.2, -0.15) is 0 Å². The average molecular weight is 314 g/mol. The highest BCUT2D eigenvalue weighted by Crippen LogP contribution is 2.28. The maximum absolute atomic E-state index is 5.84. The molecule has 0 fully saturated rings. The molecule has 0 atom stereocenters. The van der Waals surface area contributed by atoms with Crippen LogP contribution in [0.3, 0.4) is 0 Å². The number of hydrogen-bond donors (Lipinski definition) is 2. The lowest BCUT2D eigenvalue weighted by Gasteiger charge is -2.15. The summed E-state index contributed by atoms with van der Waals surface area (Å²) in [6, 6.07) is 9.81. The van der Waals surface area contributed by atoms with E-state index in [4.69, 9.17) is 4.74 Å². The SMILES string of the molecule is CCCCNc1cc(Nc2ccccc2OC(C)C)nc(C)n1. The van der Waals surface area contributed by atoms with Crippen molar-refractivity contribution in [1.29, 1.82) is 0 Å². The van der Waals surface area contributed by atoms with Crippen LogP contribution in [0.4, 0.5) is 17.3 Å². The summed E-state index contributed by atoms with van der Waals surface area (Å²) >= 11 is 0. The quantitative estimate of drug-likeness (QED) is 0.701. The Kier molecular flexibility index (Phi) is 6.20. The molecule has 0 saturated carbocycles. The third-order valence-electron chi connectivity index (χ3n) is 3.19. The van der Waals surface area contributed by atoms with Crippen LogP contribution in [0.2, 0.25) is 0 Å². The highest BCUT2D eigenvalue weighted by molar-refractivity contribution is 5.65. The first kappa shape index (κ1) is 17.1. The average Bonchev–Trinajstić information content (AvgIpc) is 2.48. The first-order valence-corrected chi connectivity index (χ1v) is 8.20. The second kappa shape index (κ2) is 8.36. The van der Waals surface area contributed by atoms with Crippen LogP contribution < -0.4 is 15.4 Å². The molecule has 0 amide bonds. The molecular formula is C18H26N4O. The Balaban J connectivity index is 2.16. The van der Waals surface area contributed by atoms with E-state index in [0.29, 0.717) is 0 Å². The number of hydrogen-bond acceptors (Lipinski definition) is 5. The molecule has 0 radical (unpaired) electrons. The Morgan fingerprint density at radius 3 is 2.61 bits per heavy atom. The summed E-state index contributed by atoms with van der Waals surface area (Å²) in [5, 5.41) is 6.67. The first-order chi connectivity index (χ1) is 11.1. The fourth-order valence-corrected chi connectivity index (χ4v) is 2.18. The number of aryl methyl sites for hydroxylation is 1. The van der Waals surface area contributed by atoms with Crippen LogP contribution >= 0.6 is 0 Å². The summed E-state index contributed by atoms with van der Waals surface area (Å²) in [5.74, 6) is 3.16. The Bertz CT molecular complexity index is 628. The highest BCUT2D eigenvalue weighted by atomic mass is 16.5. The molecule has 1 aromatic carbocycles. The van der Waals surface area contributed by atoms with E-state index in [-0.39, 0.29) is 6.10 Å². The van der Waals surface area contributed by atoms with Crippen LogP contribution in [0.5, 0.6) is 5.75 Å². The van der Waals surface area contributed by atoms with Gasteiger partial charge in [0.1, 0.15) is 23.2 Å². The molecule has 2 rings (SSSR count). The van der Waals surface area contributed by atoms with Gasteiger partial charge in [-0.05, 0) is 39.3 Å². The highest BCUT2D eigenvalue weighted by Gasteiger charge is 2.07. The number of anilines is 3. The van der Waals surface area contributed by atoms with Crippen molar-refractivity contribution in [2.24, 2.45) is 0 Å². The van der Waals surface area contributed by atoms with Gasteiger partial charge in [0.05, 0.1) is 11.8 Å². The molecule has 0 aliphatic heterocycles. The summed E-state index contributed by atoms with van der Waals surface area (Å²) in [5.41, 5.74) is 0.902. The zero-order valence-corrected chi connectivity index (χ0v) is 14.4. The van der Waals surface area contributed by atoms with E-state index in [1.165, 1.54) is 0 Å². The monoisotopic (exact) mass is 314 g/mol. The lowest BCUT2D eigenvalue weighted by atomic mass is 10.3. The molecule has 0 spiro atoms. The number of aromatic nitrogens is 2. The Hall–Kier alpha value is -2.30. The third kappa shape index (κ3) is 5.43. The van der Waals surface area contributed by atoms with Crippen LogP contribution in [0.1, 0.15) is 39.4 Å². The van der Waals surface area contributed by atoms with E-state index in [2.05, 4.69) is 27.5 Å². The fraction of sp³-hybridized carbons (Fsp3) is 0.444. The molecule has 0 unspecified atom stereocenters. The molecule has 0 aliphatic rings. The summed E-state index contributed by atoms with van der Waals surface area (Å²) < 4.78 is 5.84. The van der Waals surface area contributed by atoms with Crippen LogP contribution in [0, 0.1) is 6.92 Å². The van der Waals surface area contributed by atoms with Crippen molar-refractivity contribution >= 4 is 17.3 Å². The number of rotatable bonds is 8. The molecule has 2 N–H and O–H groups in total. The lowest BCUT2D eigenvalue weighted by Crippen LogP contribution is -2.08. The molecular weight excluding hydrogens is 288 g/mol. The molecule has 0 aliphatic carbocycles. The van der Waals surface area contributed by atoms with Gasteiger partial charge in [0.25, 0.3) is 0 Å². The Morgan fingerprint density at radius 1 is 1.13 bits per heavy atom. The predicted octanol–water partition coefficient (Wildman–Crippen LogP) is 4.53. The van der Waals surface area contributed by atoms with Crippen molar-refractivity contribution in [2.75, 3.05) is 17.2 Å². The number of nitrogens with one attached hydrogen (secondary N) is 2. The van der Waals surface area contributed by atoms with E-state index in [9.17, 15) is 0 Å². The van der Waals surface area contributed by atoms with Crippen LogP contribution in [-0.2, 0) is 0 Å². The summed E-state index contributed by atoms with van der Waals surface area (Å²) in [4.78, 5) is 8.88. The van der Waals surface area contributed by atoms with Crippen molar-refractivity contribution in [3.05, 3.63) is 36.2 Å². The summed E-state index contributed by atoms with van der Waals surface area (Å²) in [7, 11) is 0. The number of nitrogens with zero attached hydrogens (tertiary/aromatic N) is 2. The standard InChI is InChI=1S/C18H26N4O/c1-5-6-11-19-17-12-18(21-14(4)20-17)22-15-9-7-8-10-16(15)23-13(2)3/h7-10,12-13H,5-6,11H2,1-4H3,(H2,19,20,21,22). The second-order valence-electron chi connectivity index (χ2n) is 5.75. The molecule has 5 nitrogen and oxygen atoms in total. The molecule has 0 bridgehead atoms. The summed E-state index contributed by atoms with van der Waals surface area (Å²) in [6.45, 7) is 9.01. The molecule has 124 valence electrons. The van der Waals surface area contributed by atoms with Crippen molar-refractivity contribution in [3.8, 4) is 5.75 Å². The van der Waals surface area contributed by atoms with Gasteiger partial charge in [0.15, 0.2) is 0 Å².